The lowest BCUT2D eigenvalue weighted by Crippen LogP contribution is -2.16. The molecule has 0 spiro atoms. The SMILES string of the molecule is CCn1c(NC(=O)c2cccc(CS(C)(=O)=O)c2)nc2ccccc21. The average Bonchev–Trinajstić information content (AvgIpc) is 2.90. The number of nitrogens with one attached hydrogen (secondary N) is 1. The van der Waals surface area contributed by atoms with E-state index in [0.717, 1.165) is 11.0 Å². The van der Waals surface area contributed by atoms with Gasteiger partial charge in [0.15, 0.2) is 9.84 Å². The number of hydrogen-bond donors (Lipinski definition) is 1. The number of hydrogen-bond acceptors (Lipinski definition) is 4. The minimum absolute atomic E-state index is 0.0956. The van der Waals surface area contributed by atoms with Crippen molar-refractivity contribution >= 4 is 32.7 Å². The molecule has 130 valence electrons. The smallest absolute Gasteiger partial charge is 0.257 e. The van der Waals surface area contributed by atoms with Crippen LogP contribution in [0.4, 0.5) is 5.95 Å². The third kappa shape index (κ3) is 3.88. The predicted octanol–water partition coefficient (Wildman–Crippen LogP) is 2.85. The Morgan fingerprint density at radius 2 is 1.92 bits per heavy atom. The molecule has 1 heterocycles. The van der Waals surface area contributed by atoms with Crippen molar-refractivity contribution in [3.63, 3.8) is 0 Å². The molecule has 2 aromatic carbocycles. The van der Waals surface area contributed by atoms with E-state index in [1.807, 2.05) is 35.8 Å². The molecule has 3 aromatic rings. The highest BCUT2D eigenvalue weighted by Crippen LogP contribution is 2.20. The molecule has 1 aromatic heterocycles. The molecule has 0 bridgehead atoms. The summed E-state index contributed by atoms with van der Waals surface area (Å²) in [6, 6.07) is 14.3. The summed E-state index contributed by atoms with van der Waals surface area (Å²) >= 11 is 0. The number of aromatic nitrogens is 2. The molecule has 0 aliphatic carbocycles. The van der Waals surface area contributed by atoms with Crippen molar-refractivity contribution in [2.75, 3.05) is 11.6 Å². The lowest BCUT2D eigenvalue weighted by molar-refractivity contribution is 0.102. The molecule has 0 saturated heterocycles. The standard InChI is InChI=1S/C18H19N3O3S/c1-3-21-16-10-5-4-9-15(16)19-18(21)20-17(22)14-8-6-7-13(11-14)12-25(2,23)24/h4-11H,3,12H2,1-2H3,(H,19,20,22). The van der Waals surface area contributed by atoms with Crippen LogP contribution in [0.1, 0.15) is 22.8 Å². The molecule has 1 N–H and O–H groups in total. The number of nitrogens with zero attached hydrogens (tertiary/aromatic N) is 2. The topological polar surface area (TPSA) is 81.1 Å². The third-order valence-electron chi connectivity index (χ3n) is 3.81. The van der Waals surface area contributed by atoms with Gasteiger partial charge in [-0.1, -0.05) is 24.3 Å². The van der Waals surface area contributed by atoms with Gasteiger partial charge in [0.25, 0.3) is 5.91 Å². The number of carbonyl (C=O) groups excluding carboxylic acids is 1. The molecule has 0 radical (unpaired) electrons. The zero-order valence-corrected chi connectivity index (χ0v) is 14.9. The van der Waals surface area contributed by atoms with E-state index >= 15 is 0 Å². The first-order chi connectivity index (χ1) is 11.9. The summed E-state index contributed by atoms with van der Waals surface area (Å²) in [5.41, 5.74) is 2.74. The third-order valence-corrected chi connectivity index (χ3v) is 4.67. The second-order valence-corrected chi connectivity index (χ2v) is 8.03. The van der Waals surface area contributed by atoms with Gasteiger partial charge in [0, 0.05) is 18.4 Å². The molecule has 0 unspecified atom stereocenters. The van der Waals surface area contributed by atoms with Crippen LogP contribution in [-0.2, 0) is 22.1 Å². The van der Waals surface area contributed by atoms with Crippen LogP contribution in [0.3, 0.4) is 0 Å². The van der Waals surface area contributed by atoms with Gasteiger partial charge in [-0.3, -0.25) is 10.1 Å². The number of aryl methyl sites for hydroxylation is 1. The van der Waals surface area contributed by atoms with Gasteiger partial charge in [-0.15, -0.1) is 0 Å². The Labute approximate surface area is 146 Å². The lowest BCUT2D eigenvalue weighted by atomic mass is 10.1. The van der Waals surface area contributed by atoms with Crippen LogP contribution in [0.5, 0.6) is 0 Å². The molecule has 0 fully saturated rings. The van der Waals surface area contributed by atoms with E-state index in [4.69, 9.17) is 0 Å². The average molecular weight is 357 g/mol. The van der Waals surface area contributed by atoms with Crippen molar-refractivity contribution in [1.82, 2.24) is 9.55 Å². The minimum atomic E-state index is -3.15. The normalized spacial score (nSPS) is 11.6. The summed E-state index contributed by atoms with van der Waals surface area (Å²) < 4.78 is 24.8. The monoisotopic (exact) mass is 357 g/mol. The number of amides is 1. The van der Waals surface area contributed by atoms with E-state index in [1.165, 1.54) is 6.26 Å². The van der Waals surface area contributed by atoms with E-state index in [1.54, 1.807) is 24.3 Å². The fourth-order valence-corrected chi connectivity index (χ4v) is 3.55. The highest BCUT2D eigenvalue weighted by Gasteiger charge is 2.14. The van der Waals surface area contributed by atoms with Gasteiger partial charge < -0.3 is 4.57 Å². The molecule has 3 rings (SSSR count). The van der Waals surface area contributed by atoms with E-state index < -0.39 is 9.84 Å². The summed E-state index contributed by atoms with van der Waals surface area (Å²) in [5, 5.41) is 2.82. The lowest BCUT2D eigenvalue weighted by Gasteiger charge is -2.08. The summed E-state index contributed by atoms with van der Waals surface area (Å²) in [7, 11) is -3.15. The Hall–Kier alpha value is -2.67. The molecule has 6 nitrogen and oxygen atoms in total. The van der Waals surface area contributed by atoms with Crippen molar-refractivity contribution in [1.29, 1.82) is 0 Å². The molecular weight excluding hydrogens is 338 g/mol. The maximum atomic E-state index is 12.6. The Morgan fingerprint density at radius 3 is 2.64 bits per heavy atom. The van der Waals surface area contributed by atoms with E-state index in [0.29, 0.717) is 23.6 Å². The zero-order valence-electron chi connectivity index (χ0n) is 14.1. The fraction of sp³-hybridized carbons (Fsp3) is 0.222. The fourth-order valence-electron chi connectivity index (χ4n) is 2.77. The molecule has 0 aliphatic rings. The summed E-state index contributed by atoms with van der Waals surface area (Å²) in [5.74, 6) is 0.0595. The number of para-hydroxylation sites is 2. The van der Waals surface area contributed by atoms with Crippen molar-refractivity contribution in [2.45, 2.75) is 19.2 Å². The van der Waals surface area contributed by atoms with E-state index in [9.17, 15) is 13.2 Å². The maximum absolute atomic E-state index is 12.6. The number of rotatable bonds is 5. The first-order valence-corrected chi connectivity index (χ1v) is 9.96. The number of carbonyl (C=O) groups is 1. The van der Waals surface area contributed by atoms with Gasteiger partial charge in [-0.05, 0) is 36.8 Å². The second-order valence-electron chi connectivity index (χ2n) is 5.89. The Bertz CT molecular complexity index is 1040. The predicted molar refractivity (Wildman–Crippen MR) is 98.4 cm³/mol. The van der Waals surface area contributed by atoms with Gasteiger partial charge >= 0.3 is 0 Å². The van der Waals surface area contributed by atoms with Crippen molar-refractivity contribution < 1.29 is 13.2 Å². The molecule has 0 aliphatic heterocycles. The first kappa shape index (κ1) is 17.2. The van der Waals surface area contributed by atoms with Crippen molar-refractivity contribution in [3.8, 4) is 0 Å². The quantitative estimate of drug-likeness (QED) is 0.761. The largest absolute Gasteiger partial charge is 0.310 e. The first-order valence-electron chi connectivity index (χ1n) is 7.90. The minimum Gasteiger partial charge on any atom is -0.310 e. The van der Waals surface area contributed by atoms with Gasteiger partial charge in [-0.25, -0.2) is 13.4 Å². The highest BCUT2D eigenvalue weighted by atomic mass is 32.2. The van der Waals surface area contributed by atoms with Crippen molar-refractivity contribution in [3.05, 3.63) is 59.7 Å². The number of imidazole rings is 1. The van der Waals surface area contributed by atoms with Crippen LogP contribution >= 0.6 is 0 Å². The molecule has 0 atom stereocenters. The Morgan fingerprint density at radius 1 is 1.16 bits per heavy atom. The van der Waals surface area contributed by atoms with E-state index in [2.05, 4.69) is 10.3 Å². The second kappa shape index (κ2) is 6.68. The number of sulfone groups is 1. The number of benzene rings is 2. The Kier molecular flexibility index (Phi) is 4.59. The van der Waals surface area contributed by atoms with Crippen molar-refractivity contribution in [2.24, 2.45) is 0 Å². The number of anilines is 1. The summed E-state index contributed by atoms with van der Waals surface area (Å²) in [6.07, 6.45) is 1.17. The summed E-state index contributed by atoms with van der Waals surface area (Å²) in [4.78, 5) is 17.0. The van der Waals surface area contributed by atoms with Gasteiger partial charge in [0.05, 0.1) is 16.8 Å². The molecule has 7 heteroatoms. The Balaban J connectivity index is 1.89. The number of fused-ring (bicyclic) bond motifs is 1. The van der Waals surface area contributed by atoms with Crippen LogP contribution in [0.25, 0.3) is 11.0 Å². The van der Waals surface area contributed by atoms with Crippen LogP contribution in [0.15, 0.2) is 48.5 Å². The molecule has 1 amide bonds. The molecule has 25 heavy (non-hydrogen) atoms. The van der Waals surface area contributed by atoms with Gasteiger partial charge in [0.2, 0.25) is 5.95 Å². The maximum Gasteiger partial charge on any atom is 0.257 e. The van der Waals surface area contributed by atoms with Gasteiger partial charge in [0.1, 0.15) is 0 Å². The summed E-state index contributed by atoms with van der Waals surface area (Å²) in [6.45, 7) is 2.65. The zero-order chi connectivity index (χ0) is 18.0. The van der Waals surface area contributed by atoms with E-state index in [-0.39, 0.29) is 11.7 Å². The molecular formula is C18H19N3O3S. The van der Waals surface area contributed by atoms with Gasteiger partial charge in [-0.2, -0.15) is 0 Å². The van der Waals surface area contributed by atoms with Crippen LogP contribution in [0.2, 0.25) is 0 Å². The molecule has 0 saturated carbocycles. The van der Waals surface area contributed by atoms with Crippen LogP contribution in [-0.4, -0.2) is 30.1 Å². The van der Waals surface area contributed by atoms with Crippen LogP contribution in [0, 0.1) is 0 Å². The highest BCUT2D eigenvalue weighted by molar-refractivity contribution is 7.89. The van der Waals surface area contributed by atoms with Crippen LogP contribution < -0.4 is 5.32 Å².